The molecule has 7 heteroatoms. The van der Waals surface area contributed by atoms with Gasteiger partial charge in [0.1, 0.15) is 5.75 Å². The molecule has 0 spiro atoms. The van der Waals surface area contributed by atoms with Crippen LogP contribution >= 0.6 is 12.4 Å². The van der Waals surface area contributed by atoms with Crippen molar-refractivity contribution in [2.45, 2.75) is 50.6 Å². The van der Waals surface area contributed by atoms with E-state index in [1.807, 2.05) is 12.1 Å². The molecular weight excluding hydrogens is 342 g/mol. The predicted molar refractivity (Wildman–Crippen MR) is 99.1 cm³/mol. The molecule has 0 unspecified atom stereocenters. The number of hydrogen-bond donors (Lipinski definition) is 2. The normalized spacial score (nSPS) is 23.1. The molecule has 0 atom stereocenters. The minimum atomic E-state index is -0.103. The highest BCUT2D eigenvalue weighted by atomic mass is 35.5. The maximum absolute atomic E-state index is 12.0. The lowest BCUT2D eigenvalue weighted by molar-refractivity contribution is -0.124. The second-order valence-corrected chi connectivity index (χ2v) is 6.61. The van der Waals surface area contributed by atoms with E-state index in [4.69, 9.17) is 10.5 Å². The molecule has 1 saturated heterocycles. The van der Waals surface area contributed by atoms with Gasteiger partial charge >= 0.3 is 0 Å². The number of halogens is 1. The Labute approximate surface area is 154 Å². The number of carbonyl (C=O) groups is 2. The lowest BCUT2D eigenvalue weighted by Gasteiger charge is -2.26. The number of hydrogen-bond acceptors (Lipinski definition) is 4. The monoisotopic (exact) mass is 367 g/mol. The molecule has 3 rings (SSSR count). The Kier molecular flexibility index (Phi) is 7.08. The maximum Gasteiger partial charge on any atom is 0.258 e. The molecule has 0 aromatic heterocycles. The fourth-order valence-corrected chi connectivity index (χ4v) is 3.33. The predicted octanol–water partition coefficient (Wildman–Crippen LogP) is 2.00. The number of ether oxygens (including phenoxy) is 1. The van der Waals surface area contributed by atoms with Crippen LogP contribution < -0.4 is 20.7 Å². The van der Waals surface area contributed by atoms with Crippen LogP contribution in [0.5, 0.6) is 5.75 Å². The molecular formula is C18H26ClN3O3. The van der Waals surface area contributed by atoms with Crippen molar-refractivity contribution >= 4 is 29.9 Å². The summed E-state index contributed by atoms with van der Waals surface area (Å²) < 4.78 is 5.53. The molecule has 2 aliphatic rings. The van der Waals surface area contributed by atoms with Gasteiger partial charge in [0, 0.05) is 30.7 Å². The highest BCUT2D eigenvalue weighted by molar-refractivity contribution is 5.95. The number of rotatable bonds is 5. The first kappa shape index (κ1) is 19.5. The molecule has 1 saturated carbocycles. The van der Waals surface area contributed by atoms with E-state index in [1.165, 1.54) is 0 Å². The van der Waals surface area contributed by atoms with Crippen molar-refractivity contribution in [2.24, 2.45) is 5.73 Å². The van der Waals surface area contributed by atoms with Crippen LogP contribution in [0.4, 0.5) is 5.69 Å². The molecule has 1 aliphatic heterocycles. The summed E-state index contributed by atoms with van der Waals surface area (Å²) in [5.74, 6) is 0.690. The zero-order chi connectivity index (χ0) is 16.9. The Balaban J connectivity index is 0.00000225. The number of carbonyl (C=O) groups excluding carboxylic acids is 2. The molecule has 1 heterocycles. The molecule has 0 bridgehead atoms. The zero-order valence-corrected chi connectivity index (χ0v) is 15.1. The highest BCUT2D eigenvalue weighted by Gasteiger charge is 2.22. The number of nitrogens with one attached hydrogen (secondary N) is 1. The Morgan fingerprint density at radius 3 is 2.48 bits per heavy atom. The van der Waals surface area contributed by atoms with E-state index in [0.29, 0.717) is 12.2 Å². The van der Waals surface area contributed by atoms with E-state index in [9.17, 15) is 9.59 Å². The van der Waals surface area contributed by atoms with E-state index in [1.54, 1.807) is 17.0 Å². The minimum Gasteiger partial charge on any atom is -0.484 e. The molecule has 1 aromatic rings. The number of nitrogens with zero attached hydrogens (tertiary/aromatic N) is 1. The zero-order valence-electron chi connectivity index (χ0n) is 14.3. The van der Waals surface area contributed by atoms with Gasteiger partial charge in [-0.3, -0.25) is 9.59 Å². The second-order valence-electron chi connectivity index (χ2n) is 6.61. The molecule has 0 radical (unpaired) electrons. The van der Waals surface area contributed by atoms with Crippen LogP contribution in [0.2, 0.25) is 0 Å². The van der Waals surface area contributed by atoms with E-state index in [2.05, 4.69) is 5.32 Å². The number of nitrogens with two attached hydrogens (primary N) is 1. The van der Waals surface area contributed by atoms with Crippen LogP contribution in [0.3, 0.4) is 0 Å². The largest absolute Gasteiger partial charge is 0.484 e. The topological polar surface area (TPSA) is 84.7 Å². The van der Waals surface area contributed by atoms with E-state index < -0.39 is 0 Å². The van der Waals surface area contributed by atoms with Crippen molar-refractivity contribution in [1.82, 2.24) is 5.32 Å². The summed E-state index contributed by atoms with van der Waals surface area (Å²) in [4.78, 5) is 25.5. The quantitative estimate of drug-likeness (QED) is 0.833. The van der Waals surface area contributed by atoms with Crippen molar-refractivity contribution in [3.63, 3.8) is 0 Å². The van der Waals surface area contributed by atoms with Crippen LogP contribution in [0.15, 0.2) is 24.3 Å². The van der Waals surface area contributed by atoms with Crippen LogP contribution in [0.25, 0.3) is 0 Å². The average Bonchev–Trinajstić information content (AvgIpc) is 3.02. The van der Waals surface area contributed by atoms with Gasteiger partial charge in [-0.2, -0.15) is 0 Å². The second kappa shape index (κ2) is 9.06. The SMILES string of the molecule is Cl.NC1CCC(NC(=O)COc2ccc(N3CCCC3=O)cc2)CC1. The summed E-state index contributed by atoms with van der Waals surface area (Å²) in [6.45, 7) is 0.775. The molecule has 25 heavy (non-hydrogen) atoms. The fraction of sp³-hybridized carbons (Fsp3) is 0.556. The molecule has 138 valence electrons. The summed E-state index contributed by atoms with van der Waals surface area (Å²) >= 11 is 0. The van der Waals surface area contributed by atoms with Gasteiger partial charge in [-0.15, -0.1) is 12.4 Å². The van der Waals surface area contributed by atoms with Gasteiger partial charge in [0.15, 0.2) is 6.61 Å². The summed E-state index contributed by atoms with van der Waals surface area (Å²) in [5, 5.41) is 3.00. The third-order valence-corrected chi connectivity index (χ3v) is 4.73. The van der Waals surface area contributed by atoms with Gasteiger partial charge in [-0.05, 0) is 56.4 Å². The van der Waals surface area contributed by atoms with Gasteiger partial charge in [-0.1, -0.05) is 0 Å². The Hall–Kier alpha value is -1.79. The third-order valence-electron chi connectivity index (χ3n) is 4.73. The Morgan fingerprint density at radius 2 is 1.88 bits per heavy atom. The van der Waals surface area contributed by atoms with Gasteiger partial charge in [0.2, 0.25) is 5.91 Å². The molecule has 6 nitrogen and oxygen atoms in total. The molecule has 2 fully saturated rings. The lowest BCUT2D eigenvalue weighted by Crippen LogP contribution is -2.42. The Bertz CT molecular complexity index is 586. The van der Waals surface area contributed by atoms with Crippen molar-refractivity contribution in [1.29, 1.82) is 0 Å². The van der Waals surface area contributed by atoms with E-state index in [-0.39, 0.29) is 42.9 Å². The fourth-order valence-electron chi connectivity index (χ4n) is 3.33. The smallest absolute Gasteiger partial charge is 0.258 e. The summed E-state index contributed by atoms with van der Waals surface area (Å²) in [6.07, 6.45) is 5.32. The van der Waals surface area contributed by atoms with E-state index >= 15 is 0 Å². The van der Waals surface area contributed by atoms with Gasteiger partial charge < -0.3 is 20.7 Å². The van der Waals surface area contributed by atoms with Crippen LogP contribution in [0, 0.1) is 0 Å². The average molecular weight is 368 g/mol. The van der Waals surface area contributed by atoms with Crippen LogP contribution in [0.1, 0.15) is 38.5 Å². The third kappa shape index (κ3) is 5.34. The summed E-state index contributed by atoms with van der Waals surface area (Å²) in [7, 11) is 0. The maximum atomic E-state index is 12.0. The van der Waals surface area contributed by atoms with Crippen molar-refractivity contribution in [2.75, 3.05) is 18.1 Å². The number of amides is 2. The molecule has 2 amide bonds. The van der Waals surface area contributed by atoms with Gasteiger partial charge in [-0.25, -0.2) is 0 Å². The van der Waals surface area contributed by atoms with Crippen molar-refractivity contribution in [3.8, 4) is 5.75 Å². The van der Waals surface area contributed by atoms with E-state index in [0.717, 1.165) is 44.3 Å². The lowest BCUT2D eigenvalue weighted by atomic mass is 9.92. The molecule has 1 aromatic carbocycles. The number of benzene rings is 1. The van der Waals surface area contributed by atoms with Crippen LogP contribution in [-0.4, -0.2) is 37.0 Å². The summed E-state index contributed by atoms with van der Waals surface area (Å²) in [5.41, 5.74) is 6.75. The minimum absolute atomic E-state index is 0. The molecule has 1 aliphatic carbocycles. The highest BCUT2D eigenvalue weighted by Crippen LogP contribution is 2.24. The summed E-state index contributed by atoms with van der Waals surface area (Å²) in [6, 6.07) is 7.81. The van der Waals surface area contributed by atoms with Crippen LogP contribution in [-0.2, 0) is 9.59 Å². The molecule has 3 N–H and O–H groups in total. The van der Waals surface area contributed by atoms with Crippen molar-refractivity contribution in [3.05, 3.63) is 24.3 Å². The first-order chi connectivity index (χ1) is 11.6. The first-order valence-electron chi connectivity index (χ1n) is 8.70. The number of anilines is 1. The van der Waals surface area contributed by atoms with Gasteiger partial charge in [0.05, 0.1) is 0 Å². The van der Waals surface area contributed by atoms with Gasteiger partial charge in [0.25, 0.3) is 5.91 Å². The van der Waals surface area contributed by atoms with Crippen molar-refractivity contribution < 1.29 is 14.3 Å². The standard InChI is InChI=1S/C18H25N3O3.ClH/c19-13-3-5-14(6-4-13)20-17(22)12-24-16-9-7-15(8-10-16)21-11-1-2-18(21)23;/h7-10,13-14H,1-6,11-12,19H2,(H,20,22);1H. The Morgan fingerprint density at radius 1 is 1.20 bits per heavy atom. The first-order valence-corrected chi connectivity index (χ1v) is 8.70.